The summed E-state index contributed by atoms with van der Waals surface area (Å²) >= 11 is 0. The molecule has 2 aliphatic rings. The molecule has 2 aromatic rings. The molecule has 4 rings (SSSR count). The lowest BCUT2D eigenvalue weighted by Crippen LogP contribution is -2.39. The van der Waals surface area contributed by atoms with E-state index in [0.717, 1.165) is 22.3 Å². The Morgan fingerprint density at radius 1 is 1.03 bits per heavy atom. The van der Waals surface area contributed by atoms with Crippen molar-refractivity contribution in [3.05, 3.63) is 71.3 Å². The third-order valence-corrected chi connectivity index (χ3v) is 6.00. The second-order valence-electron chi connectivity index (χ2n) is 8.30. The van der Waals surface area contributed by atoms with Gasteiger partial charge >= 0.3 is 12.1 Å². The molecule has 0 heterocycles. The van der Waals surface area contributed by atoms with Crippen LogP contribution < -0.4 is 10.6 Å². The zero-order valence-electron chi connectivity index (χ0n) is 18.0. The highest BCUT2D eigenvalue weighted by Gasteiger charge is 2.29. The Bertz CT molecular complexity index is 1050. The van der Waals surface area contributed by atoms with E-state index < -0.39 is 24.1 Å². The highest BCUT2D eigenvalue weighted by atomic mass is 16.5. The van der Waals surface area contributed by atoms with Crippen molar-refractivity contribution in [2.45, 2.75) is 37.3 Å². The number of fused-ring (bicyclic) bond motifs is 3. The molecule has 2 aliphatic carbocycles. The third kappa shape index (κ3) is 5.23. The second-order valence-corrected chi connectivity index (χ2v) is 8.30. The SMILES string of the molecule is O=C(CC(O)CNC(=O)OCC1c2ccccc2-c2ccccc21)NC1CC=C(C(=O)O)C1. The molecule has 0 aliphatic heterocycles. The van der Waals surface area contributed by atoms with Gasteiger partial charge in [-0.1, -0.05) is 54.6 Å². The lowest BCUT2D eigenvalue weighted by Gasteiger charge is -2.17. The number of aliphatic hydroxyl groups is 1. The van der Waals surface area contributed by atoms with Gasteiger partial charge in [-0.2, -0.15) is 0 Å². The first-order valence-corrected chi connectivity index (χ1v) is 10.9. The zero-order chi connectivity index (χ0) is 23.4. The molecule has 4 N–H and O–H groups in total. The van der Waals surface area contributed by atoms with Crippen LogP contribution in [0.1, 0.15) is 36.3 Å². The van der Waals surface area contributed by atoms with E-state index in [1.165, 1.54) is 0 Å². The van der Waals surface area contributed by atoms with Crippen LogP contribution in [0.5, 0.6) is 0 Å². The number of benzene rings is 2. The summed E-state index contributed by atoms with van der Waals surface area (Å²) in [6.45, 7) is 0.0322. The summed E-state index contributed by atoms with van der Waals surface area (Å²) in [5, 5.41) is 24.3. The van der Waals surface area contributed by atoms with Crippen LogP contribution in [0.2, 0.25) is 0 Å². The molecule has 0 fully saturated rings. The molecular weight excluding hydrogens is 424 g/mol. The standard InChI is InChI=1S/C25H26N2O6/c28-17(12-23(29)27-16-10-9-15(11-16)24(30)31)13-26-25(32)33-14-22-20-7-3-1-5-18(20)19-6-2-4-8-21(19)22/h1-9,16-17,22,28H,10-14H2,(H,26,32)(H,27,29)(H,30,31). The fourth-order valence-electron chi connectivity index (χ4n) is 4.42. The number of carbonyl (C=O) groups excluding carboxylic acids is 2. The van der Waals surface area contributed by atoms with Crippen LogP contribution in [0.4, 0.5) is 4.79 Å². The van der Waals surface area contributed by atoms with Crippen LogP contribution in [0.15, 0.2) is 60.2 Å². The Hall–Kier alpha value is -3.65. The minimum Gasteiger partial charge on any atom is -0.478 e. The van der Waals surface area contributed by atoms with Crippen LogP contribution in [0.3, 0.4) is 0 Å². The molecule has 33 heavy (non-hydrogen) atoms. The molecule has 0 radical (unpaired) electrons. The fraction of sp³-hybridized carbons (Fsp3) is 0.320. The van der Waals surface area contributed by atoms with E-state index in [4.69, 9.17) is 9.84 Å². The number of nitrogens with one attached hydrogen (secondary N) is 2. The van der Waals surface area contributed by atoms with E-state index in [-0.39, 0.29) is 43.5 Å². The first kappa shape index (κ1) is 22.5. The largest absolute Gasteiger partial charge is 0.478 e. The number of ether oxygens (including phenoxy) is 1. The Morgan fingerprint density at radius 2 is 1.67 bits per heavy atom. The monoisotopic (exact) mass is 450 g/mol. The number of hydrogen-bond donors (Lipinski definition) is 4. The molecule has 8 heteroatoms. The quantitative estimate of drug-likeness (QED) is 0.490. The molecule has 172 valence electrons. The summed E-state index contributed by atoms with van der Waals surface area (Å²) < 4.78 is 5.41. The molecule has 0 saturated heterocycles. The van der Waals surface area contributed by atoms with Crippen LogP contribution in [-0.4, -0.2) is 53.5 Å². The van der Waals surface area contributed by atoms with E-state index in [0.29, 0.717) is 6.42 Å². The van der Waals surface area contributed by atoms with Crippen LogP contribution >= 0.6 is 0 Å². The van der Waals surface area contributed by atoms with Gasteiger partial charge in [0.1, 0.15) is 6.61 Å². The van der Waals surface area contributed by atoms with Crippen molar-refractivity contribution < 1.29 is 29.3 Å². The van der Waals surface area contributed by atoms with Crippen molar-refractivity contribution in [1.82, 2.24) is 10.6 Å². The smallest absolute Gasteiger partial charge is 0.407 e. The van der Waals surface area contributed by atoms with Crippen LogP contribution in [0.25, 0.3) is 11.1 Å². The van der Waals surface area contributed by atoms with Gasteiger partial charge in [-0.3, -0.25) is 4.79 Å². The molecule has 2 aromatic carbocycles. The number of carboxylic acid groups (broad SMARTS) is 1. The van der Waals surface area contributed by atoms with Gasteiger partial charge in [0, 0.05) is 24.1 Å². The number of rotatable bonds is 8. The molecule has 0 aromatic heterocycles. The highest BCUT2D eigenvalue weighted by Crippen LogP contribution is 2.44. The lowest BCUT2D eigenvalue weighted by molar-refractivity contribution is -0.133. The number of carbonyl (C=O) groups is 3. The van der Waals surface area contributed by atoms with E-state index in [1.807, 2.05) is 36.4 Å². The maximum absolute atomic E-state index is 12.2. The van der Waals surface area contributed by atoms with Gasteiger partial charge in [-0.25, -0.2) is 9.59 Å². The van der Waals surface area contributed by atoms with Crippen molar-refractivity contribution in [3.8, 4) is 11.1 Å². The Balaban J connectivity index is 1.21. The first-order chi connectivity index (χ1) is 15.9. The zero-order valence-corrected chi connectivity index (χ0v) is 18.0. The summed E-state index contributed by atoms with van der Waals surface area (Å²) in [7, 11) is 0. The average molecular weight is 450 g/mol. The van der Waals surface area contributed by atoms with Gasteiger partial charge < -0.3 is 25.6 Å². The number of aliphatic hydroxyl groups excluding tert-OH is 1. The van der Waals surface area contributed by atoms with Gasteiger partial charge in [0.05, 0.1) is 12.5 Å². The van der Waals surface area contributed by atoms with Crippen LogP contribution in [0, 0.1) is 0 Å². The molecule has 0 bridgehead atoms. The topological polar surface area (TPSA) is 125 Å². The summed E-state index contributed by atoms with van der Waals surface area (Å²) in [6, 6.07) is 15.8. The van der Waals surface area contributed by atoms with E-state index in [1.54, 1.807) is 6.08 Å². The number of alkyl carbamates (subject to hydrolysis) is 1. The summed E-state index contributed by atoms with van der Waals surface area (Å²) in [4.78, 5) is 35.2. The summed E-state index contributed by atoms with van der Waals surface area (Å²) in [5.41, 5.74) is 4.76. The Morgan fingerprint density at radius 3 is 2.27 bits per heavy atom. The molecule has 2 unspecified atom stereocenters. The van der Waals surface area contributed by atoms with E-state index in [2.05, 4.69) is 22.8 Å². The molecule has 2 amide bonds. The molecule has 2 atom stereocenters. The highest BCUT2D eigenvalue weighted by molar-refractivity contribution is 5.87. The first-order valence-electron chi connectivity index (χ1n) is 10.9. The molecule has 0 saturated carbocycles. The number of aliphatic carboxylic acids is 1. The molecule has 8 nitrogen and oxygen atoms in total. The summed E-state index contributed by atoms with van der Waals surface area (Å²) in [5.74, 6) is -1.45. The number of amides is 2. The average Bonchev–Trinajstić information content (AvgIpc) is 3.39. The fourth-order valence-corrected chi connectivity index (χ4v) is 4.42. The third-order valence-electron chi connectivity index (χ3n) is 6.00. The Kier molecular flexibility index (Phi) is 6.74. The minimum atomic E-state index is -1.08. The van der Waals surface area contributed by atoms with E-state index in [9.17, 15) is 19.5 Å². The maximum Gasteiger partial charge on any atom is 0.407 e. The number of hydrogen-bond acceptors (Lipinski definition) is 5. The predicted octanol–water partition coefficient (Wildman–Crippen LogP) is 2.57. The Labute approximate surface area is 191 Å². The molecular formula is C25H26N2O6. The van der Waals surface area contributed by atoms with Gasteiger partial charge in [-0.05, 0) is 35.1 Å². The minimum absolute atomic E-state index is 0.0606. The van der Waals surface area contributed by atoms with Gasteiger partial charge in [-0.15, -0.1) is 0 Å². The normalized spacial score (nSPS) is 17.5. The van der Waals surface area contributed by atoms with Gasteiger partial charge in [0.25, 0.3) is 0 Å². The van der Waals surface area contributed by atoms with Crippen molar-refractivity contribution >= 4 is 18.0 Å². The van der Waals surface area contributed by atoms with Crippen molar-refractivity contribution in [1.29, 1.82) is 0 Å². The van der Waals surface area contributed by atoms with Crippen molar-refractivity contribution in [2.24, 2.45) is 0 Å². The van der Waals surface area contributed by atoms with Crippen molar-refractivity contribution in [2.75, 3.05) is 13.2 Å². The molecule has 0 spiro atoms. The second kappa shape index (κ2) is 9.87. The number of carboxylic acids is 1. The predicted molar refractivity (Wildman–Crippen MR) is 121 cm³/mol. The van der Waals surface area contributed by atoms with Gasteiger partial charge in [0.2, 0.25) is 5.91 Å². The van der Waals surface area contributed by atoms with Gasteiger partial charge in [0.15, 0.2) is 0 Å². The lowest BCUT2D eigenvalue weighted by atomic mass is 9.98. The van der Waals surface area contributed by atoms with E-state index >= 15 is 0 Å². The van der Waals surface area contributed by atoms with Crippen molar-refractivity contribution in [3.63, 3.8) is 0 Å². The summed E-state index contributed by atoms with van der Waals surface area (Å²) in [6.07, 6.45) is 0.336. The maximum atomic E-state index is 12.2. The van der Waals surface area contributed by atoms with Crippen LogP contribution in [-0.2, 0) is 14.3 Å².